The largest absolute Gasteiger partial charge is 0.356 e. The van der Waals surface area contributed by atoms with Gasteiger partial charge in [0.2, 0.25) is 0 Å². The van der Waals surface area contributed by atoms with Crippen LogP contribution in [0, 0.1) is 11.8 Å². The second-order valence-electron chi connectivity index (χ2n) is 6.20. The second kappa shape index (κ2) is 6.81. The third-order valence-electron chi connectivity index (χ3n) is 4.01. The highest BCUT2D eigenvalue weighted by Gasteiger charge is 2.28. The quantitative estimate of drug-likeness (QED) is 0.403. The molecule has 1 unspecified atom stereocenters. The third kappa shape index (κ3) is 5.38. The summed E-state index contributed by atoms with van der Waals surface area (Å²) in [6, 6.07) is 0.581. The fraction of sp³-hybridized carbons (Fsp3) is 0.923. The number of rotatable bonds is 5. The van der Waals surface area contributed by atoms with Gasteiger partial charge in [0.05, 0.1) is 11.5 Å². The zero-order valence-electron chi connectivity index (χ0n) is 11.7. The fourth-order valence-electron chi connectivity index (χ4n) is 2.37. The Bertz CT molecular complexity index is 458. The minimum Gasteiger partial charge on any atom is -0.356 e. The number of nitrogens with zero attached hydrogens (tertiary/aromatic N) is 1. The van der Waals surface area contributed by atoms with Crippen LogP contribution < -0.4 is 10.6 Å². The molecule has 1 heterocycles. The van der Waals surface area contributed by atoms with Gasteiger partial charge in [-0.3, -0.25) is 4.99 Å². The van der Waals surface area contributed by atoms with Crippen molar-refractivity contribution < 1.29 is 8.42 Å². The first-order valence-corrected chi connectivity index (χ1v) is 9.18. The molecule has 1 aliphatic heterocycles. The van der Waals surface area contributed by atoms with Crippen molar-refractivity contribution in [3.8, 4) is 0 Å². The van der Waals surface area contributed by atoms with E-state index in [4.69, 9.17) is 0 Å². The number of hydrogen-bond acceptors (Lipinski definition) is 3. The van der Waals surface area contributed by atoms with Gasteiger partial charge in [-0.25, -0.2) is 8.42 Å². The van der Waals surface area contributed by atoms with Crippen LogP contribution in [-0.2, 0) is 9.84 Å². The maximum atomic E-state index is 11.4. The van der Waals surface area contributed by atoms with E-state index in [1.54, 1.807) is 0 Å². The Hall–Kier alpha value is -0.0500. The minimum absolute atomic E-state index is 0. The lowest BCUT2D eigenvalue weighted by atomic mass is 10.1. The van der Waals surface area contributed by atoms with Gasteiger partial charge in [0, 0.05) is 19.1 Å². The molecule has 116 valence electrons. The van der Waals surface area contributed by atoms with E-state index in [9.17, 15) is 8.42 Å². The molecule has 0 spiro atoms. The van der Waals surface area contributed by atoms with E-state index >= 15 is 0 Å². The Labute approximate surface area is 138 Å². The molecular formula is C13H24IN3O2S. The molecule has 5 nitrogen and oxygen atoms in total. The van der Waals surface area contributed by atoms with Gasteiger partial charge in [-0.1, -0.05) is 0 Å². The van der Waals surface area contributed by atoms with Gasteiger partial charge in [-0.15, -0.1) is 24.0 Å². The molecule has 2 aliphatic carbocycles. The van der Waals surface area contributed by atoms with Crippen LogP contribution in [0.2, 0.25) is 0 Å². The number of aliphatic imine (C=N–C) groups is 1. The summed E-state index contributed by atoms with van der Waals surface area (Å²) in [4.78, 5) is 4.58. The minimum atomic E-state index is -2.78. The molecular weight excluding hydrogens is 389 g/mol. The summed E-state index contributed by atoms with van der Waals surface area (Å²) < 4.78 is 22.8. The van der Waals surface area contributed by atoms with Gasteiger partial charge < -0.3 is 10.6 Å². The Balaban J connectivity index is 0.00000147. The van der Waals surface area contributed by atoms with Crippen molar-refractivity contribution in [1.82, 2.24) is 10.6 Å². The lowest BCUT2D eigenvalue weighted by Crippen LogP contribution is -2.40. The summed E-state index contributed by atoms with van der Waals surface area (Å²) in [6.07, 6.45) is 5.87. The zero-order valence-corrected chi connectivity index (χ0v) is 14.8. The van der Waals surface area contributed by atoms with Crippen molar-refractivity contribution >= 4 is 39.8 Å². The highest BCUT2D eigenvalue weighted by atomic mass is 127. The first kappa shape index (κ1) is 16.3. The van der Waals surface area contributed by atoms with Crippen LogP contribution in [-0.4, -0.2) is 45.0 Å². The summed E-state index contributed by atoms with van der Waals surface area (Å²) in [6.45, 7) is 1.63. The van der Waals surface area contributed by atoms with E-state index in [1.165, 1.54) is 25.7 Å². The summed E-state index contributed by atoms with van der Waals surface area (Å²) in [5.41, 5.74) is 0. The van der Waals surface area contributed by atoms with Gasteiger partial charge in [0.15, 0.2) is 15.8 Å². The predicted molar refractivity (Wildman–Crippen MR) is 91.4 cm³/mol. The number of guanidine groups is 1. The van der Waals surface area contributed by atoms with Crippen molar-refractivity contribution in [3.63, 3.8) is 0 Å². The van der Waals surface area contributed by atoms with Crippen LogP contribution in [0.1, 0.15) is 32.1 Å². The Kier molecular flexibility index (Phi) is 5.56. The highest BCUT2D eigenvalue weighted by molar-refractivity contribution is 14.0. The van der Waals surface area contributed by atoms with Crippen LogP contribution in [0.25, 0.3) is 0 Å². The maximum Gasteiger partial charge on any atom is 0.191 e. The molecule has 0 bridgehead atoms. The van der Waals surface area contributed by atoms with Crippen LogP contribution in [0.4, 0.5) is 0 Å². The first-order chi connectivity index (χ1) is 9.11. The molecule has 3 aliphatic rings. The molecule has 2 N–H and O–H groups in total. The topological polar surface area (TPSA) is 70.6 Å². The van der Waals surface area contributed by atoms with Crippen LogP contribution >= 0.6 is 24.0 Å². The fourth-order valence-corrected chi connectivity index (χ4v) is 4.22. The monoisotopic (exact) mass is 413 g/mol. The van der Waals surface area contributed by atoms with E-state index in [0.717, 1.165) is 24.8 Å². The van der Waals surface area contributed by atoms with E-state index in [1.807, 2.05) is 0 Å². The molecule has 7 heteroatoms. The number of halogens is 1. The molecule has 2 saturated carbocycles. The predicted octanol–water partition coefficient (Wildman–Crippen LogP) is 1.15. The van der Waals surface area contributed by atoms with Crippen molar-refractivity contribution in [2.24, 2.45) is 16.8 Å². The van der Waals surface area contributed by atoms with Crippen LogP contribution in [0.3, 0.4) is 0 Å². The van der Waals surface area contributed by atoms with Crippen molar-refractivity contribution in [2.75, 3.05) is 24.6 Å². The molecule has 0 radical (unpaired) electrons. The second-order valence-corrected chi connectivity index (χ2v) is 8.43. The Morgan fingerprint density at radius 2 is 1.85 bits per heavy atom. The van der Waals surface area contributed by atoms with Crippen molar-refractivity contribution in [1.29, 1.82) is 0 Å². The standard InChI is InChI=1S/C13H23N3O2S.HI/c17-19(18)6-5-11(9-19)8-15-13(16-12-3-4-12)14-7-10-1-2-10;/h10-12H,1-9H2,(H2,14,15,16);1H. The smallest absolute Gasteiger partial charge is 0.191 e. The van der Waals surface area contributed by atoms with E-state index < -0.39 is 9.84 Å². The summed E-state index contributed by atoms with van der Waals surface area (Å²) >= 11 is 0. The number of sulfone groups is 1. The van der Waals surface area contributed by atoms with Gasteiger partial charge in [0.1, 0.15) is 0 Å². The molecule has 1 atom stereocenters. The van der Waals surface area contributed by atoms with E-state index in [-0.39, 0.29) is 29.9 Å². The highest BCUT2D eigenvalue weighted by Crippen LogP contribution is 2.27. The number of nitrogens with one attached hydrogen (secondary N) is 2. The maximum absolute atomic E-state index is 11.4. The Morgan fingerprint density at radius 3 is 2.40 bits per heavy atom. The van der Waals surface area contributed by atoms with Crippen LogP contribution in [0.5, 0.6) is 0 Å². The SMILES string of the molecule is I.O=S1(=O)CCC(CN=C(NCC2CC2)NC2CC2)C1. The lowest BCUT2D eigenvalue weighted by molar-refractivity contribution is 0.589. The molecule has 0 aromatic heterocycles. The molecule has 0 amide bonds. The van der Waals surface area contributed by atoms with Gasteiger partial charge >= 0.3 is 0 Å². The van der Waals surface area contributed by atoms with E-state index in [0.29, 0.717) is 24.1 Å². The third-order valence-corrected chi connectivity index (χ3v) is 5.84. The molecule has 1 saturated heterocycles. The number of hydrogen-bond donors (Lipinski definition) is 2. The Morgan fingerprint density at radius 1 is 1.10 bits per heavy atom. The molecule has 3 rings (SSSR count). The molecule has 0 aromatic rings. The normalized spacial score (nSPS) is 28.8. The average Bonchev–Trinajstić information content (AvgIpc) is 3.24. The molecule has 0 aromatic carbocycles. The van der Waals surface area contributed by atoms with Crippen molar-refractivity contribution in [3.05, 3.63) is 0 Å². The van der Waals surface area contributed by atoms with Crippen LogP contribution in [0.15, 0.2) is 4.99 Å². The van der Waals surface area contributed by atoms with Gasteiger partial charge in [0.25, 0.3) is 0 Å². The average molecular weight is 413 g/mol. The lowest BCUT2D eigenvalue weighted by Gasteiger charge is -2.12. The van der Waals surface area contributed by atoms with Crippen molar-refractivity contribution in [2.45, 2.75) is 38.1 Å². The van der Waals surface area contributed by atoms with Gasteiger partial charge in [-0.05, 0) is 43.9 Å². The zero-order chi connectivity index (χ0) is 13.3. The molecule has 20 heavy (non-hydrogen) atoms. The summed E-state index contributed by atoms with van der Waals surface area (Å²) in [5.74, 6) is 2.57. The van der Waals surface area contributed by atoms with Gasteiger partial charge in [-0.2, -0.15) is 0 Å². The van der Waals surface area contributed by atoms with E-state index in [2.05, 4.69) is 15.6 Å². The molecule has 3 fully saturated rings. The summed E-state index contributed by atoms with van der Waals surface area (Å²) in [5, 5.41) is 6.80. The summed E-state index contributed by atoms with van der Waals surface area (Å²) in [7, 11) is -2.78. The first-order valence-electron chi connectivity index (χ1n) is 7.36.